The van der Waals surface area contributed by atoms with Gasteiger partial charge in [0.25, 0.3) is 0 Å². The summed E-state index contributed by atoms with van der Waals surface area (Å²) in [4.78, 5) is 18.9. The number of carbonyl (C=O) groups is 1. The summed E-state index contributed by atoms with van der Waals surface area (Å²) < 4.78 is 0. The van der Waals surface area contributed by atoms with Gasteiger partial charge in [0, 0.05) is 29.1 Å². The normalized spacial score (nSPS) is 10.9. The predicted molar refractivity (Wildman–Crippen MR) is 106 cm³/mol. The Bertz CT molecular complexity index is 1020. The first kappa shape index (κ1) is 16.0. The molecular formula is C20H16N2OS2. The number of fused-ring (bicyclic) bond motifs is 1. The van der Waals surface area contributed by atoms with Crippen molar-refractivity contribution in [2.24, 2.45) is 0 Å². The highest BCUT2D eigenvalue weighted by Gasteiger charge is 2.14. The molecule has 4 rings (SSSR count). The van der Waals surface area contributed by atoms with Crippen LogP contribution in [0.1, 0.15) is 5.69 Å². The van der Waals surface area contributed by atoms with Crippen LogP contribution in [0.2, 0.25) is 0 Å². The molecule has 0 saturated carbocycles. The fraction of sp³-hybridized carbons (Fsp3) is 0.100. The summed E-state index contributed by atoms with van der Waals surface area (Å²) in [6, 6.07) is 16.3. The SMILES string of the molecule is CN(C(=O)Cc1csc(-c2ccsc2)n1)c1ccc2ccccc2c1. The van der Waals surface area contributed by atoms with E-state index in [0.717, 1.165) is 27.3 Å². The molecule has 2 aromatic heterocycles. The molecule has 0 bridgehead atoms. The molecule has 25 heavy (non-hydrogen) atoms. The van der Waals surface area contributed by atoms with E-state index in [9.17, 15) is 4.79 Å². The van der Waals surface area contributed by atoms with E-state index in [2.05, 4.69) is 28.6 Å². The van der Waals surface area contributed by atoms with Gasteiger partial charge in [0.1, 0.15) is 5.01 Å². The molecule has 0 aliphatic heterocycles. The Hall–Kier alpha value is -2.50. The maximum atomic E-state index is 12.6. The van der Waals surface area contributed by atoms with Crippen molar-refractivity contribution in [3.8, 4) is 10.6 Å². The maximum absolute atomic E-state index is 12.6. The fourth-order valence-corrected chi connectivity index (χ4v) is 4.24. The third-order valence-electron chi connectivity index (χ3n) is 4.15. The minimum Gasteiger partial charge on any atom is -0.315 e. The van der Waals surface area contributed by atoms with Crippen LogP contribution in [0.5, 0.6) is 0 Å². The van der Waals surface area contributed by atoms with Gasteiger partial charge in [0.2, 0.25) is 5.91 Å². The van der Waals surface area contributed by atoms with Gasteiger partial charge >= 0.3 is 0 Å². The van der Waals surface area contributed by atoms with E-state index in [-0.39, 0.29) is 5.91 Å². The summed E-state index contributed by atoms with van der Waals surface area (Å²) >= 11 is 3.24. The summed E-state index contributed by atoms with van der Waals surface area (Å²) in [6.07, 6.45) is 0.309. The molecular weight excluding hydrogens is 348 g/mol. The number of hydrogen-bond donors (Lipinski definition) is 0. The number of thiazole rings is 1. The fourth-order valence-electron chi connectivity index (χ4n) is 2.71. The molecule has 0 radical (unpaired) electrons. The van der Waals surface area contributed by atoms with Gasteiger partial charge in [0.15, 0.2) is 0 Å². The van der Waals surface area contributed by atoms with Gasteiger partial charge in [-0.25, -0.2) is 4.98 Å². The molecule has 0 N–H and O–H groups in total. The van der Waals surface area contributed by atoms with Gasteiger partial charge in [-0.15, -0.1) is 11.3 Å². The molecule has 0 atom stereocenters. The smallest absolute Gasteiger partial charge is 0.232 e. The quantitative estimate of drug-likeness (QED) is 0.497. The first-order valence-electron chi connectivity index (χ1n) is 7.93. The van der Waals surface area contributed by atoms with Gasteiger partial charge in [-0.3, -0.25) is 4.79 Å². The van der Waals surface area contributed by atoms with Crippen LogP contribution in [-0.2, 0) is 11.2 Å². The number of benzene rings is 2. The monoisotopic (exact) mass is 364 g/mol. The standard InChI is InChI=1S/C20H16N2OS2/c1-22(18-7-6-14-4-2-3-5-15(14)10-18)19(23)11-17-13-25-20(21-17)16-8-9-24-12-16/h2-10,12-13H,11H2,1H3. The van der Waals surface area contributed by atoms with Gasteiger partial charge < -0.3 is 4.90 Å². The van der Waals surface area contributed by atoms with E-state index in [1.807, 2.05) is 48.1 Å². The highest BCUT2D eigenvalue weighted by molar-refractivity contribution is 7.14. The van der Waals surface area contributed by atoms with Gasteiger partial charge in [-0.05, 0) is 34.4 Å². The topological polar surface area (TPSA) is 33.2 Å². The Balaban J connectivity index is 1.51. The van der Waals surface area contributed by atoms with Crippen molar-refractivity contribution in [1.82, 2.24) is 4.98 Å². The molecule has 0 aliphatic carbocycles. The Morgan fingerprint density at radius 1 is 1.08 bits per heavy atom. The van der Waals surface area contributed by atoms with Crippen molar-refractivity contribution in [3.63, 3.8) is 0 Å². The van der Waals surface area contributed by atoms with E-state index in [4.69, 9.17) is 0 Å². The number of anilines is 1. The third-order valence-corrected chi connectivity index (χ3v) is 5.77. The molecule has 1 amide bonds. The molecule has 0 aliphatic rings. The minimum atomic E-state index is 0.0393. The van der Waals surface area contributed by atoms with Crippen molar-refractivity contribution in [1.29, 1.82) is 0 Å². The highest BCUT2D eigenvalue weighted by atomic mass is 32.1. The predicted octanol–water partition coefficient (Wildman–Crippen LogP) is 5.23. The molecule has 2 heterocycles. The van der Waals surface area contributed by atoms with Crippen LogP contribution in [0.25, 0.3) is 21.3 Å². The van der Waals surface area contributed by atoms with Crippen LogP contribution < -0.4 is 4.90 Å². The Labute approximate surface area is 154 Å². The summed E-state index contributed by atoms with van der Waals surface area (Å²) in [5, 5.41) is 9.36. The molecule has 124 valence electrons. The van der Waals surface area contributed by atoms with E-state index < -0.39 is 0 Å². The van der Waals surface area contributed by atoms with Gasteiger partial charge in [-0.1, -0.05) is 30.3 Å². The number of hydrogen-bond acceptors (Lipinski definition) is 4. The van der Waals surface area contributed by atoms with Crippen molar-refractivity contribution in [2.75, 3.05) is 11.9 Å². The largest absolute Gasteiger partial charge is 0.315 e. The molecule has 0 saturated heterocycles. The van der Waals surface area contributed by atoms with E-state index >= 15 is 0 Å². The van der Waals surface area contributed by atoms with Crippen molar-refractivity contribution < 1.29 is 4.79 Å². The molecule has 0 unspecified atom stereocenters. The van der Waals surface area contributed by atoms with Crippen molar-refractivity contribution in [3.05, 3.63) is 70.4 Å². The first-order valence-corrected chi connectivity index (χ1v) is 9.75. The second-order valence-electron chi connectivity index (χ2n) is 5.82. The van der Waals surface area contributed by atoms with Gasteiger partial charge in [0.05, 0.1) is 12.1 Å². The van der Waals surface area contributed by atoms with Crippen molar-refractivity contribution >= 4 is 45.0 Å². The van der Waals surface area contributed by atoms with E-state index in [1.165, 1.54) is 5.39 Å². The van der Waals surface area contributed by atoms with Crippen LogP contribution >= 0.6 is 22.7 Å². The number of carbonyl (C=O) groups excluding carboxylic acids is 1. The summed E-state index contributed by atoms with van der Waals surface area (Å²) in [5.74, 6) is 0.0393. The zero-order valence-electron chi connectivity index (χ0n) is 13.7. The summed E-state index contributed by atoms with van der Waals surface area (Å²) in [5.41, 5.74) is 2.84. The van der Waals surface area contributed by atoms with Gasteiger partial charge in [-0.2, -0.15) is 11.3 Å². The number of nitrogens with zero attached hydrogens (tertiary/aromatic N) is 2. The number of thiophene rings is 1. The van der Waals surface area contributed by atoms with Crippen LogP contribution in [0.15, 0.2) is 64.7 Å². The molecule has 0 fully saturated rings. The van der Waals surface area contributed by atoms with Crippen LogP contribution in [0, 0.1) is 0 Å². The highest BCUT2D eigenvalue weighted by Crippen LogP contribution is 2.26. The average molecular weight is 364 g/mol. The summed E-state index contributed by atoms with van der Waals surface area (Å²) in [6.45, 7) is 0. The molecule has 3 nitrogen and oxygen atoms in total. The molecule has 4 aromatic rings. The average Bonchev–Trinajstić information content (AvgIpc) is 3.32. The number of aromatic nitrogens is 1. The van der Waals surface area contributed by atoms with Crippen LogP contribution in [-0.4, -0.2) is 17.9 Å². The van der Waals surface area contributed by atoms with E-state index in [0.29, 0.717) is 6.42 Å². The Morgan fingerprint density at radius 2 is 1.92 bits per heavy atom. The lowest BCUT2D eigenvalue weighted by Gasteiger charge is -2.17. The van der Waals surface area contributed by atoms with Crippen molar-refractivity contribution in [2.45, 2.75) is 6.42 Å². The number of likely N-dealkylation sites (N-methyl/N-ethyl adjacent to an activating group) is 1. The lowest BCUT2D eigenvalue weighted by molar-refractivity contribution is -0.117. The minimum absolute atomic E-state index is 0.0393. The summed E-state index contributed by atoms with van der Waals surface area (Å²) in [7, 11) is 1.82. The zero-order valence-corrected chi connectivity index (χ0v) is 15.3. The zero-order chi connectivity index (χ0) is 17.2. The maximum Gasteiger partial charge on any atom is 0.232 e. The second kappa shape index (κ2) is 6.78. The number of amides is 1. The van der Waals surface area contributed by atoms with Crippen LogP contribution in [0.4, 0.5) is 5.69 Å². The molecule has 0 spiro atoms. The lowest BCUT2D eigenvalue weighted by atomic mass is 10.1. The van der Waals surface area contributed by atoms with Crippen LogP contribution in [0.3, 0.4) is 0 Å². The Kier molecular flexibility index (Phi) is 4.34. The second-order valence-corrected chi connectivity index (χ2v) is 7.46. The van der Waals surface area contributed by atoms with E-state index in [1.54, 1.807) is 27.6 Å². The first-order chi connectivity index (χ1) is 12.2. The molecule has 5 heteroatoms. The third kappa shape index (κ3) is 3.34. The molecule has 2 aromatic carbocycles. The lowest BCUT2D eigenvalue weighted by Crippen LogP contribution is -2.27. The number of rotatable bonds is 4. The Morgan fingerprint density at radius 3 is 2.72 bits per heavy atom.